The van der Waals surface area contributed by atoms with Crippen molar-refractivity contribution in [1.82, 2.24) is 0 Å². The summed E-state index contributed by atoms with van der Waals surface area (Å²) in [6, 6.07) is 16.7. The molecule has 0 amide bonds. The summed E-state index contributed by atoms with van der Waals surface area (Å²) in [7, 11) is 0. The van der Waals surface area contributed by atoms with Crippen molar-refractivity contribution in [2.24, 2.45) is 0 Å². The molecule has 1 fully saturated rings. The van der Waals surface area contributed by atoms with Crippen molar-refractivity contribution in [3.8, 4) is 11.8 Å². The minimum Gasteiger partial charge on any atom is -0.371 e. The van der Waals surface area contributed by atoms with Crippen LogP contribution in [0.4, 0.5) is 0 Å². The molecule has 1 saturated carbocycles. The molecule has 0 N–H and O–H groups in total. The van der Waals surface area contributed by atoms with E-state index in [1.807, 2.05) is 30.3 Å². The summed E-state index contributed by atoms with van der Waals surface area (Å²) >= 11 is 0. The largest absolute Gasteiger partial charge is 0.371 e. The third-order valence-electron chi connectivity index (χ3n) is 4.41. The molecule has 0 unspecified atom stereocenters. The topological polar surface area (TPSA) is 9.23 Å². The Bertz CT molecular complexity index is 728. The second kappa shape index (κ2) is 6.60. The second-order valence-electron chi connectivity index (χ2n) is 6.50. The lowest BCUT2D eigenvalue weighted by Crippen LogP contribution is -2.15. The summed E-state index contributed by atoms with van der Waals surface area (Å²) in [5.41, 5.74) is 4.83. The van der Waals surface area contributed by atoms with Crippen LogP contribution in [0.25, 0.3) is 0 Å². The molecule has 1 aliphatic rings. The summed E-state index contributed by atoms with van der Waals surface area (Å²) in [6.07, 6.45) is 2.27. The van der Waals surface area contributed by atoms with Gasteiger partial charge in [-0.05, 0) is 61.1 Å². The van der Waals surface area contributed by atoms with Gasteiger partial charge in [0, 0.05) is 17.7 Å². The highest BCUT2D eigenvalue weighted by molar-refractivity contribution is 5.48. The zero-order valence-electron chi connectivity index (χ0n) is 14.2. The maximum atomic E-state index is 6.05. The van der Waals surface area contributed by atoms with Crippen LogP contribution in [0.3, 0.4) is 0 Å². The van der Waals surface area contributed by atoms with Crippen molar-refractivity contribution in [2.45, 2.75) is 45.1 Å². The lowest BCUT2D eigenvalue weighted by Gasteiger charge is -2.22. The van der Waals surface area contributed by atoms with E-state index in [0.717, 1.165) is 30.6 Å². The monoisotopic (exact) mass is 304 g/mol. The van der Waals surface area contributed by atoms with Crippen LogP contribution < -0.4 is 0 Å². The normalized spacial score (nSPS) is 15.1. The van der Waals surface area contributed by atoms with Gasteiger partial charge in [0.25, 0.3) is 0 Å². The van der Waals surface area contributed by atoms with E-state index in [0.29, 0.717) is 5.92 Å². The molecule has 0 radical (unpaired) electrons. The summed E-state index contributed by atoms with van der Waals surface area (Å²) in [5.74, 6) is 7.01. The first-order valence-electron chi connectivity index (χ1n) is 8.50. The van der Waals surface area contributed by atoms with Crippen molar-refractivity contribution in [2.75, 3.05) is 6.61 Å². The van der Waals surface area contributed by atoms with Crippen molar-refractivity contribution in [3.63, 3.8) is 0 Å². The Labute approximate surface area is 139 Å². The molecule has 0 bridgehead atoms. The fourth-order valence-electron chi connectivity index (χ4n) is 3.08. The first-order chi connectivity index (χ1) is 11.1. The third-order valence-corrected chi connectivity index (χ3v) is 4.41. The van der Waals surface area contributed by atoms with E-state index < -0.39 is 0 Å². The van der Waals surface area contributed by atoms with Crippen LogP contribution in [0.1, 0.15) is 61.8 Å². The van der Waals surface area contributed by atoms with Crippen LogP contribution in [0.15, 0.2) is 48.5 Å². The average Bonchev–Trinajstić information content (AvgIpc) is 3.34. The summed E-state index contributed by atoms with van der Waals surface area (Å²) in [5, 5.41) is 0. The van der Waals surface area contributed by atoms with E-state index in [4.69, 9.17) is 4.74 Å². The van der Waals surface area contributed by atoms with Crippen molar-refractivity contribution in [1.29, 1.82) is 0 Å². The molecule has 2 aromatic carbocycles. The van der Waals surface area contributed by atoms with Gasteiger partial charge in [-0.3, -0.25) is 0 Å². The Balaban J connectivity index is 1.93. The molecule has 0 atom stereocenters. The van der Waals surface area contributed by atoms with Crippen LogP contribution in [0.5, 0.6) is 0 Å². The first kappa shape index (κ1) is 15.8. The Morgan fingerprint density at radius 2 is 1.70 bits per heavy atom. The summed E-state index contributed by atoms with van der Waals surface area (Å²) in [4.78, 5) is 0. The summed E-state index contributed by atoms with van der Waals surface area (Å²) in [6.45, 7) is 7.34. The zero-order chi connectivity index (χ0) is 16.3. The fourth-order valence-corrected chi connectivity index (χ4v) is 3.08. The number of hydrogen-bond acceptors (Lipinski definition) is 1. The SMILES string of the molecule is CCOC1(c2ccc(C#Cc3ccccc3)cc2C(C)C)CC1. The van der Waals surface area contributed by atoms with Gasteiger partial charge < -0.3 is 4.74 Å². The van der Waals surface area contributed by atoms with Gasteiger partial charge in [-0.15, -0.1) is 0 Å². The molecular weight excluding hydrogens is 280 g/mol. The number of rotatable bonds is 4. The maximum Gasteiger partial charge on any atom is 0.0936 e. The molecule has 3 rings (SSSR count). The quantitative estimate of drug-likeness (QED) is 0.702. The van der Waals surface area contributed by atoms with Crippen molar-refractivity contribution in [3.05, 3.63) is 70.8 Å². The van der Waals surface area contributed by atoms with E-state index >= 15 is 0 Å². The second-order valence-corrected chi connectivity index (χ2v) is 6.50. The Kier molecular flexibility index (Phi) is 4.55. The van der Waals surface area contributed by atoms with Crippen LogP contribution in [0, 0.1) is 11.8 Å². The van der Waals surface area contributed by atoms with E-state index in [1.54, 1.807) is 0 Å². The smallest absolute Gasteiger partial charge is 0.0936 e. The van der Waals surface area contributed by atoms with Gasteiger partial charge in [0.2, 0.25) is 0 Å². The van der Waals surface area contributed by atoms with Crippen molar-refractivity contribution >= 4 is 0 Å². The zero-order valence-corrected chi connectivity index (χ0v) is 14.2. The standard InChI is InChI=1S/C22H24O/c1-4-23-22(14-15-22)21-13-12-19(16-20(21)17(2)3)11-10-18-8-6-5-7-9-18/h5-9,12-13,16-17H,4,14-15H2,1-3H3. The third kappa shape index (κ3) is 3.49. The molecule has 0 spiro atoms. The molecule has 118 valence electrons. The molecule has 1 aliphatic carbocycles. The van der Waals surface area contributed by atoms with Gasteiger partial charge in [0.1, 0.15) is 0 Å². The van der Waals surface area contributed by atoms with E-state index in [9.17, 15) is 0 Å². The molecule has 0 aromatic heterocycles. The van der Waals surface area contributed by atoms with E-state index in [-0.39, 0.29) is 5.60 Å². The molecule has 0 heterocycles. The van der Waals surface area contributed by atoms with Gasteiger partial charge >= 0.3 is 0 Å². The lowest BCUT2D eigenvalue weighted by molar-refractivity contribution is 0.0388. The van der Waals surface area contributed by atoms with E-state index in [2.05, 4.69) is 50.8 Å². The van der Waals surface area contributed by atoms with Gasteiger partial charge in [0.05, 0.1) is 5.60 Å². The Morgan fingerprint density at radius 3 is 2.30 bits per heavy atom. The van der Waals surface area contributed by atoms with Crippen LogP contribution >= 0.6 is 0 Å². The Morgan fingerprint density at radius 1 is 1.00 bits per heavy atom. The molecule has 2 aromatic rings. The Hall–Kier alpha value is -2.04. The molecule has 1 nitrogen and oxygen atoms in total. The highest BCUT2D eigenvalue weighted by atomic mass is 16.5. The first-order valence-corrected chi connectivity index (χ1v) is 8.50. The molecule has 1 heteroatoms. The predicted octanol–water partition coefficient (Wildman–Crippen LogP) is 5.24. The minimum atomic E-state index is -0.0280. The van der Waals surface area contributed by atoms with E-state index in [1.165, 1.54) is 11.1 Å². The van der Waals surface area contributed by atoms with Crippen LogP contribution in [0.2, 0.25) is 0 Å². The van der Waals surface area contributed by atoms with Crippen LogP contribution in [-0.2, 0) is 10.3 Å². The number of ether oxygens (including phenoxy) is 1. The predicted molar refractivity (Wildman–Crippen MR) is 95.5 cm³/mol. The van der Waals surface area contributed by atoms with Gasteiger partial charge in [-0.25, -0.2) is 0 Å². The van der Waals surface area contributed by atoms with Crippen LogP contribution in [-0.4, -0.2) is 6.61 Å². The molecular formula is C22H24O. The maximum absolute atomic E-state index is 6.05. The minimum absolute atomic E-state index is 0.0280. The van der Waals surface area contributed by atoms with Gasteiger partial charge in [0.15, 0.2) is 0 Å². The van der Waals surface area contributed by atoms with Gasteiger partial charge in [-0.1, -0.05) is 50.0 Å². The molecule has 0 aliphatic heterocycles. The van der Waals surface area contributed by atoms with Crippen molar-refractivity contribution < 1.29 is 4.74 Å². The molecule has 0 saturated heterocycles. The lowest BCUT2D eigenvalue weighted by atomic mass is 9.91. The van der Waals surface area contributed by atoms with Gasteiger partial charge in [-0.2, -0.15) is 0 Å². The summed E-state index contributed by atoms with van der Waals surface area (Å²) < 4.78 is 6.05. The average molecular weight is 304 g/mol. The number of hydrogen-bond donors (Lipinski definition) is 0. The fraction of sp³-hybridized carbons (Fsp3) is 0.364. The highest BCUT2D eigenvalue weighted by Crippen LogP contribution is 2.51. The number of benzene rings is 2. The molecule has 23 heavy (non-hydrogen) atoms. The highest BCUT2D eigenvalue weighted by Gasteiger charge is 2.46.